The van der Waals surface area contributed by atoms with Crippen LogP contribution in [0, 0.1) is 27.2 Å². The first-order valence-corrected chi connectivity index (χ1v) is 47.5. The number of nitro benzene ring substituents is 2. The van der Waals surface area contributed by atoms with Gasteiger partial charge >= 0.3 is 44.6 Å². The summed E-state index contributed by atoms with van der Waals surface area (Å²) in [4.78, 5) is 118. The molecule has 0 unspecified atom stereocenters. The maximum Gasteiger partial charge on any atom is 0.373 e. The lowest BCUT2D eigenvalue weighted by Gasteiger charge is -2.27. The van der Waals surface area contributed by atoms with Gasteiger partial charge in [-0.2, -0.15) is 9.59 Å². The fraction of sp³-hybridized carbons (Fsp3) is 0.363. The second-order valence-electron chi connectivity index (χ2n) is 29.1. The van der Waals surface area contributed by atoms with Crippen molar-refractivity contribution in [2.45, 2.75) is 114 Å². The van der Waals surface area contributed by atoms with Gasteiger partial charge in [0.15, 0.2) is 6.29 Å². The minimum atomic E-state index is -2.16. The van der Waals surface area contributed by atoms with Crippen molar-refractivity contribution in [1.29, 1.82) is 0 Å². The Hall–Kier alpha value is -12.9. The zero-order valence-electron chi connectivity index (χ0n) is 81.2. The number of aromatic nitrogens is 1. The first-order chi connectivity index (χ1) is 65.7. The molecule has 9 aromatic carbocycles. The van der Waals surface area contributed by atoms with E-state index in [9.17, 15) is 49.0 Å². The lowest BCUT2D eigenvalue weighted by atomic mass is 10.1. The molecule has 0 saturated heterocycles. The molecule has 1 aromatic heterocycles. The smallest absolute Gasteiger partial charge is 0.373 e. The maximum absolute atomic E-state index is 11.9. The van der Waals surface area contributed by atoms with Crippen LogP contribution in [0.5, 0.6) is 34.5 Å². The summed E-state index contributed by atoms with van der Waals surface area (Å²) in [5, 5.41) is 28.1. The molecule has 137 heavy (non-hydrogen) atoms. The number of benzene rings is 9. The van der Waals surface area contributed by atoms with Crippen LogP contribution in [0.15, 0.2) is 188 Å². The number of nitrogens with zero attached hydrogens (tertiary/aromatic N) is 5. The van der Waals surface area contributed by atoms with E-state index in [0.717, 1.165) is 69.7 Å². The number of anilines is 3. The summed E-state index contributed by atoms with van der Waals surface area (Å²) in [6.45, 7) is 26.3. The molecule has 0 radical (unpaired) electrons. The van der Waals surface area contributed by atoms with Crippen LogP contribution in [0.25, 0.3) is 34.3 Å². The Morgan fingerprint density at radius 2 is 0.810 bits per heavy atom. The standard InChI is InChI=1S/C26H32N2O8.C26H32N2O6.C26H23NO2P.C17H25NO5.C6H15O3P.CO2.HI/c1-6-27(14-8-9-25(29)36-7-2)22-17-23(33-3)19(16-24(22)34-4)12-10-18-11-13-20(26(30)35-5)15-21(18)28(31)32;1-6-28(12-8-9-25(29)34-7-2)22-16-23(31-3)19(15-24(22)32-4)21-13-17-10-11-18(26(30)33-5)14-20(17)27-21;1-21-17-18-22(26(19-21)27(28)29)20-30(23-11-5-2-6-12-23,24-13-7-3-8-14-24)25-15-9-4-10-16-25;1-5-18(9-7-8-17(20)23-6-2)14-11-15(21-3)13(12-19)10-16(14)22-4;1-4-7-10(8-5-2)9-6-3;2-1-3;/h10-13,15-17H,6-9,14H2,1-5H3;10-11,13-16,27H,6-9,12H2,1-5H3;2-19H,20H2,1H3;10-12H,5-9H2,1-4H3;4-6H2,1-3H3;;1H/q;;+1;;;;/p-1/b12-10+;;;;;;. The van der Waals surface area contributed by atoms with Gasteiger partial charge in [-0.1, -0.05) is 72.8 Å². The third kappa shape index (κ3) is 35.3. The number of aryl methyl sites for hydroxylation is 1. The predicted molar refractivity (Wildman–Crippen MR) is 531 cm³/mol. The van der Waals surface area contributed by atoms with Gasteiger partial charge < -0.3 is 109 Å². The van der Waals surface area contributed by atoms with E-state index in [0.29, 0.717) is 167 Å². The molecule has 1 heterocycles. The van der Waals surface area contributed by atoms with Crippen LogP contribution >= 0.6 is 15.9 Å². The summed E-state index contributed by atoms with van der Waals surface area (Å²) in [5.41, 5.74) is 8.61. The number of methoxy groups -OCH3 is 8. The van der Waals surface area contributed by atoms with Gasteiger partial charge in [-0.3, -0.25) is 39.4 Å². The Bertz CT molecular complexity index is 5400. The molecule has 32 nitrogen and oxygen atoms in total. The number of fused-ring (bicyclic) bond motifs is 1. The number of aromatic amines is 1. The number of rotatable bonds is 46. The number of hydrogen-bond donors (Lipinski definition) is 1. The van der Waals surface area contributed by atoms with Gasteiger partial charge in [0.2, 0.25) is 0 Å². The number of aldehydes is 1. The van der Waals surface area contributed by atoms with Crippen LogP contribution in [0.4, 0.5) is 28.4 Å². The quantitative estimate of drug-likeness (QED) is 0.00541. The zero-order valence-corrected chi connectivity index (χ0v) is 85.1. The number of ether oxygens (including phenoxy) is 11. The molecule has 0 saturated carbocycles. The first kappa shape index (κ1) is 116. The second kappa shape index (κ2) is 63.5. The van der Waals surface area contributed by atoms with E-state index in [-0.39, 0.29) is 75.9 Å². The second-order valence-corrected chi connectivity index (χ2v) is 33.8. The molecule has 35 heteroatoms. The molecule has 0 bridgehead atoms. The van der Waals surface area contributed by atoms with Crippen molar-refractivity contribution < 1.29 is 138 Å². The SMILES string of the molecule is CCOC(=O)CCCN(CC)c1cc(OC)c(-c2cc3ccc(C(=O)OC)cc3[nH]2)cc1OC.CCOC(=O)CCCN(CC)c1cc(OC)c(/C=C/c2ccc(C(=O)OC)cc2[N+](=O)[O-])cc1OC.CCOC(=O)CCCN(CC)c1cc(OC)c(C=O)cc1OC.CCOP(OCC)OCC.Cc1ccc(C[P+](c2ccccc2)(c2ccccc2)c2ccccc2)c([N+](=O)[O-])c1.O=C=O.[I-]. The monoisotopic (exact) mass is 2040 g/mol. The third-order valence-electron chi connectivity index (χ3n) is 20.8. The molecule has 0 spiro atoms. The molecule has 738 valence electrons. The Kier molecular flexibility index (Phi) is 53.9. The Labute approximate surface area is 820 Å². The van der Waals surface area contributed by atoms with Crippen LogP contribution < -0.4 is 83.0 Å². The van der Waals surface area contributed by atoms with Crippen LogP contribution in [-0.4, -0.2) is 193 Å². The van der Waals surface area contributed by atoms with Gasteiger partial charge in [0.05, 0.1) is 157 Å². The lowest BCUT2D eigenvalue weighted by Crippen LogP contribution is -3.00. The highest BCUT2D eigenvalue weighted by molar-refractivity contribution is 7.95. The summed E-state index contributed by atoms with van der Waals surface area (Å²) in [7, 11) is 8.80. The fourth-order valence-electron chi connectivity index (χ4n) is 14.4. The van der Waals surface area contributed by atoms with Crippen molar-refractivity contribution in [3.63, 3.8) is 0 Å². The van der Waals surface area contributed by atoms with Crippen LogP contribution in [0.1, 0.15) is 154 Å². The van der Waals surface area contributed by atoms with E-state index < -0.39 is 26.8 Å². The Morgan fingerprint density at radius 1 is 0.431 bits per heavy atom. The minimum absolute atomic E-state index is 0. The highest BCUT2D eigenvalue weighted by atomic mass is 127. The van der Waals surface area contributed by atoms with Crippen molar-refractivity contribution in [3.05, 3.63) is 247 Å². The van der Waals surface area contributed by atoms with Gasteiger partial charge in [-0.05, 0) is 191 Å². The summed E-state index contributed by atoms with van der Waals surface area (Å²) < 4.78 is 73.2. The third-order valence-corrected chi connectivity index (χ3v) is 26.5. The molecule has 0 atom stereocenters. The summed E-state index contributed by atoms with van der Waals surface area (Å²) in [6.07, 6.45) is 7.86. The van der Waals surface area contributed by atoms with E-state index in [2.05, 4.69) is 104 Å². The molecule has 1 N–H and O–H groups in total. The molecule has 0 fully saturated rings. The Morgan fingerprint density at radius 3 is 1.19 bits per heavy atom. The number of nitro groups is 2. The van der Waals surface area contributed by atoms with Gasteiger partial charge in [0, 0.05) is 111 Å². The number of carbonyl (C=O) groups excluding carboxylic acids is 8. The van der Waals surface area contributed by atoms with Crippen LogP contribution in [0.2, 0.25) is 0 Å². The molecule has 10 aromatic rings. The fourth-order valence-corrected chi connectivity index (χ4v) is 19.5. The molecule has 0 aliphatic rings. The van der Waals surface area contributed by atoms with Gasteiger partial charge in [-0.25, -0.2) is 9.59 Å². The normalized spacial score (nSPS) is 10.5. The Balaban J connectivity index is 0.000000367. The predicted octanol–water partition coefficient (Wildman–Crippen LogP) is 16.4. The molecular weight excluding hydrogens is 1910 g/mol. The van der Waals surface area contributed by atoms with E-state index >= 15 is 0 Å². The van der Waals surface area contributed by atoms with E-state index in [1.54, 1.807) is 97.8 Å². The van der Waals surface area contributed by atoms with E-state index in [1.165, 1.54) is 62.6 Å². The number of halogens is 1. The van der Waals surface area contributed by atoms with Crippen LogP contribution in [0.3, 0.4) is 0 Å². The van der Waals surface area contributed by atoms with Crippen molar-refractivity contribution in [2.75, 3.05) is 150 Å². The highest BCUT2D eigenvalue weighted by Crippen LogP contribution is 2.59. The van der Waals surface area contributed by atoms with Gasteiger partial charge in [0.25, 0.3) is 11.4 Å². The number of esters is 5. The van der Waals surface area contributed by atoms with Crippen molar-refractivity contribution in [2.24, 2.45) is 0 Å². The zero-order chi connectivity index (χ0) is 100. The van der Waals surface area contributed by atoms with E-state index in [4.69, 9.17) is 70.5 Å². The topological polar surface area (TPSA) is 378 Å². The summed E-state index contributed by atoms with van der Waals surface area (Å²) >= 11 is 0. The van der Waals surface area contributed by atoms with Crippen LogP contribution in [-0.2, 0) is 67.4 Å². The number of H-pyrrole nitrogens is 1. The molecular formula is C102H127IN6O26P2. The molecule has 10 rings (SSSR count). The highest BCUT2D eigenvalue weighted by Gasteiger charge is 2.47. The maximum atomic E-state index is 11.9. The van der Waals surface area contributed by atoms with E-state index in [1.807, 2.05) is 102 Å². The van der Waals surface area contributed by atoms with Crippen molar-refractivity contribution >= 4 is 126 Å². The van der Waals surface area contributed by atoms with Gasteiger partial charge in [-0.15, -0.1) is 0 Å². The van der Waals surface area contributed by atoms with Crippen molar-refractivity contribution in [3.8, 4) is 45.8 Å². The van der Waals surface area contributed by atoms with Gasteiger partial charge in [0.1, 0.15) is 63.8 Å². The molecule has 0 amide bonds. The molecule has 0 aliphatic heterocycles. The number of hydrogen-bond acceptors (Lipinski definition) is 29. The van der Waals surface area contributed by atoms with Crippen molar-refractivity contribution in [1.82, 2.24) is 4.98 Å². The summed E-state index contributed by atoms with van der Waals surface area (Å²) in [6, 6.07) is 59.4. The summed E-state index contributed by atoms with van der Waals surface area (Å²) in [5.74, 6) is 1.96. The number of nitrogens with one attached hydrogen (secondary N) is 1. The average Bonchev–Trinajstić information content (AvgIpc) is 1.51. The largest absolute Gasteiger partial charge is 1.00 e. The first-order valence-electron chi connectivity index (χ1n) is 44.4. The minimum Gasteiger partial charge on any atom is -1.00 e. The average molecular weight is 2040 g/mol. The lowest BCUT2D eigenvalue weighted by molar-refractivity contribution is -0.385. The number of carbonyl (C=O) groups is 6. The molecule has 0 aliphatic carbocycles.